The van der Waals surface area contributed by atoms with Gasteiger partial charge in [0, 0.05) is 62.6 Å². The summed E-state index contributed by atoms with van der Waals surface area (Å²) in [7, 11) is 0. The Morgan fingerprint density at radius 2 is 0.453 bits per heavy atom. The van der Waals surface area contributed by atoms with Gasteiger partial charge < -0.3 is 20.4 Å². The van der Waals surface area contributed by atoms with Gasteiger partial charge in [-0.15, -0.1) is 0 Å². The van der Waals surface area contributed by atoms with Crippen LogP contribution in [0.5, 0.6) is 0 Å². The summed E-state index contributed by atoms with van der Waals surface area (Å²) in [6, 6.07) is 0. The molecule has 10 heteroatoms. The number of thioether (sulfide) groups is 2. The molecule has 4 atom stereocenters. The van der Waals surface area contributed by atoms with Crippen LogP contribution >= 0.6 is 23.5 Å². The average Bonchev–Trinajstić information content (AvgIpc) is 3.71. The minimum atomic E-state index is -0.424. The van der Waals surface area contributed by atoms with Crippen molar-refractivity contribution < 1.29 is 30.0 Å². The zero-order chi connectivity index (χ0) is 62.4. The minimum absolute atomic E-state index is 0.0241. The molecule has 0 aliphatic heterocycles. The minimum Gasteiger partial charge on any atom is -0.392 e. The standard InChI is InChI=1S/C76H150N2O6S2/c1-5-9-13-17-21-25-29-33-37-41-45-49-53-71(79)65-77(66-72(80)54-50-46-42-38-34-30-26-22-18-14-10-6-2)61-63-85-75(83)69-57-59-70(60-58-69)76(84)86-64-62-78(67-73(81)55-51-47-43-39-35-31-27-23-19-15-11-7-3)68-74(82)56-52-48-44-40-36-32-28-24-20-16-12-8-4/h69-74,79-82H,5-68H2,1-4H3. The first-order valence-electron chi connectivity index (χ1n) is 38.6. The van der Waals surface area contributed by atoms with E-state index in [0.717, 1.165) is 77.0 Å². The number of aliphatic hydroxyl groups excluding tert-OH is 4. The molecule has 1 aliphatic carbocycles. The molecule has 0 amide bonds. The van der Waals surface area contributed by atoms with Crippen molar-refractivity contribution in [3.63, 3.8) is 0 Å². The summed E-state index contributed by atoms with van der Waals surface area (Å²) in [5.41, 5.74) is 0. The molecule has 8 nitrogen and oxygen atoms in total. The molecular formula is C76H150N2O6S2. The maximum Gasteiger partial charge on any atom is 0.192 e. The second-order valence-electron chi connectivity index (χ2n) is 27.7. The van der Waals surface area contributed by atoms with Crippen LogP contribution in [-0.4, -0.2) is 116 Å². The van der Waals surface area contributed by atoms with Crippen molar-refractivity contribution >= 4 is 33.8 Å². The molecule has 4 unspecified atom stereocenters. The Morgan fingerprint density at radius 1 is 0.291 bits per heavy atom. The largest absolute Gasteiger partial charge is 0.392 e. The van der Waals surface area contributed by atoms with E-state index >= 15 is 0 Å². The van der Waals surface area contributed by atoms with Gasteiger partial charge in [0.25, 0.3) is 0 Å². The van der Waals surface area contributed by atoms with Crippen molar-refractivity contribution in [2.45, 2.75) is 412 Å². The molecule has 0 spiro atoms. The Morgan fingerprint density at radius 3 is 0.628 bits per heavy atom. The van der Waals surface area contributed by atoms with Gasteiger partial charge >= 0.3 is 0 Å². The molecule has 0 aromatic heterocycles. The van der Waals surface area contributed by atoms with Crippen molar-refractivity contribution in [2.75, 3.05) is 50.8 Å². The molecule has 1 fully saturated rings. The Hall–Kier alpha value is -0.200. The molecule has 0 bridgehead atoms. The Balaban J connectivity index is 2.62. The number of rotatable bonds is 68. The number of unbranched alkanes of at least 4 members (excludes halogenated alkanes) is 44. The van der Waals surface area contributed by atoms with Gasteiger partial charge in [0.2, 0.25) is 0 Å². The van der Waals surface area contributed by atoms with Crippen molar-refractivity contribution in [1.29, 1.82) is 0 Å². The van der Waals surface area contributed by atoms with Crippen molar-refractivity contribution in [1.82, 2.24) is 9.80 Å². The Labute approximate surface area is 544 Å². The lowest BCUT2D eigenvalue weighted by molar-refractivity contribution is -0.119. The fraction of sp³-hybridized carbons (Fsp3) is 0.974. The lowest BCUT2D eigenvalue weighted by Crippen LogP contribution is -2.39. The first kappa shape index (κ1) is 83.8. The predicted octanol–water partition coefficient (Wildman–Crippen LogP) is 21.7. The van der Waals surface area contributed by atoms with Crippen LogP contribution in [0.3, 0.4) is 0 Å². The highest BCUT2D eigenvalue weighted by Crippen LogP contribution is 2.35. The molecule has 1 aliphatic rings. The van der Waals surface area contributed by atoms with Gasteiger partial charge in [0.15, 0.2) is 10.2 Å². The third-order valence-corrected chi connectivity index (χ3v) is 21.1. The normalized spacial score (nSPS) is 16.2. The second-order valence-corrected chi connectivity index (χ2v) is 29.9. The SMILES string of the molecule is CCCCCCCCCCCCCCC(O)CN(CCSC(=O)C1CCC(C(=O)SCCN(CC(O)CCCCCCCCCCCCCC)CC(O)CCCCCCCCCCCCCC)CC1)CC(O)CCCCCCCCCCCCCC. The smallest absolute Gasteiger partial charge is 0.192 e. The summed E-state index contributed by atoms with van der Waals surface area (Å²) < 4.78 is 0. The summed E-state index contributed by atoms with van der Waals surface area (Å²) in [6.45, 7) is 12.7. The van der Waals surface area contributed by atoms with Crippen molar-refractivity contribution in [3.05, 3.63) is 0 Å². The van der Waals surface area contributed by atoms with Crippen LogP contribution in [0.4, 0.5) is 0 Å². The highest BCUT2D eigenvalue weighted by Gasteiger charge is 2.31. The molecule has 4 N–H and O–H groups in total. The Bertz CT molecular complexity index is 1230. The lowest BCUT2D eigenvalue weighted by Gasteiger charge is -2.29. The summed E-state index contributed by atoms with van der Waals surface area (Å²) in [4.78, 5) is 31.8. The predicted molar refractivity (Wildman–Crippen MR) is 380 cm³/mol. The number of carbonyl (C=O) groups excluding carboxylic acids is 2. The van der Waals surface area contributed by atoms with Crippen LogP contribution in [0, 0.1) is 11.8 Å². The zero-order valence-corrected chi connectivity index (χ0v) is 59.7. The van der Waals surface area contributed by atoms with Crippen LogP contribution in [-0.2, 0) is 9.59 Å². The van der Waals surface area contributed by atoms with E-state index in [-0.39, 0.29) is 22.1 Å². The van der Waals surface area contributed by atoms with Crippen LogP contribution in [0.15, 0.2) is 0 Å². The van der Waals surface area contributed by atoms with Gasteiger partial charge in [0.05, 0.1) is 24.4 Å². The van der Waals surface area contributed by atoms with E-state index in [1.54, 1.807) is 0 Å². The molecule has 0 aromatic carbocycles. The third kappa shape index (κ3) is 55.4. The summed E-state index contributed by atoms with van der Waals surface area (Å²) in [5.74, 6) is 1.26. The summed E-state index contributed by atoms with van der Waals surface area (Å²) in [5, 5.41) is 45.4. The summed E-state index contributed by atoms with van der Waals surface area (Å²) >= 11 is 2.84. The average molecular weight is 1250 g/mol. The van der Waals surface area contributed by atoms with Crippen molar-refractivity contribution in [2.24, 2.45) is 11.8 Å². The third-order valence-electron chi connectivity index (χ3n) is 19.1. The van der Waals surface area contributed by atoms with E-state index in [4.69, 9.17) is 0 Å². The molecule has 0 heterocycles. The van der Waals surface area contributed by atoms with Crippen LogP contribution < -0.4 is 0 Å². The number of nitrogens with zero attached hydrogens (tertiary/aromatic N) is 2. The number of hydrogen-bond donors (Lipinski definition) is 4. The molecule has 0 saturated heterocycles. The monoisotopic (exact) mass is 1250 g/mol. The van der Waals surface area contributed by atoms with E-state index in [1.807, 2.05) is 0 Å². The molecule has 512 valence electrons. The highest BCUT2D eigenvalue weighted by atomic mass is 32.2. The van der Waals surface area contributed by atoms with Crippen LogP contribution in [0.1, 0.15) is 387 Å². The van der Waals surface area contributed by atoms with Gasteiger partial charge in [-0.25, -0.2) is 0 Å². The molecule has 86 heavy (non-hydrogen) atoms. The second kappa shape index (κ2) is 64.9. The first-order valence-corrected chi connectivity index (χ1v) is 40.6. The lowest BCUT2D eigenvalue weighted by atomic mass is 9.83. The maximum atomic E-state index is 13.7. The van der Waals surface area contributed by atoms with Gasteiger partial charge in [-0.05, 0) is 51.4 Å². The van der Waals surface area contributed by atoms with Gasteiger partial charge in [-0.1, -0.05) is 359 Å². The fourth-order valence-corrected chi connectivity index (χ4v) is 15.4. The Kier molecular flexibility index (Phi) is 63.2. The topological polar surface area (TPSA) is 122 Å². The molecule has 1 saturated carbocycles. The van der Waals surface area contributed by atoms with Gasteiger partial charge in [-0.2, -0.15) is 0 Å². The van der Waals surface area contributed by atoms with Crippen LogP contribution in [0.25, 0.3) is 0 Å². The quantitative estimate of drug-likeness (QED) is 0.0438. The van der Waals surface area contributed by atoms with E-state index in [9.17, 15) is 30.0 Å². The number of hydrogen-bond acceptors (Lipinski definition) is 10. The number of aliphatic hydroxyl groups is 4. The van der Waals surface area contributed by atoms with E-state index in [0.29, 0.717) is 50.8 Å². The fourth-order valence-electron chi connectivity index (χ4n) is 13.3. The molecule has 0 radical (unpaired) electrons. The molecule has 1 rings (SSSR count). The maximum absolute atomic E-state index is 13.7. The zero-order valence-electron chi connectivity index (χ0n) is 58.0. The molecular weight excluding hydrogens is 1100 g/mol. The molecule has 0 aromatic rings. The van der Waals surface area contributed by atoms with E-state index in [1.165, 1.54) is 306 Å². The summed E-state index contributed by atoms with van der Waals surface area (Å²) in [6.07, 6.45) is 67.0. The first-order chi connectivity index (χ1) is 42.1. The van der Waals surface area contributed by atoms with Gasteiger partial charge in [0.1, 0.15) is 0 Å². The van der Waals surface area contributed by atoms with Gasteiger partial charge in [-0.3, -0.25) is 19.4 Å². The highest BCUT2D eigenvalue weighted by molar-refractivity contribution is 8.13. The number of carbonyl (C=O) groups is 2. The van der Waals surface area contributed by atoms with Crippen LogP contribution in [0.2, 0.25) is 0 Å². The van der Waals surface area contributed by atoms with E-state index < -0.39 is 24.4 Å². The van der Waals surface area contributed by atoms with E-state index in [2.05, 4.69) is 37.5 Å². The van der Waals surface area contributed by atoms with Crippen molar-refractivity contribution in [3.8, 4) is 0 Å².